The molecule has 0 spiro atoms. The maximum atomic E-state index is 13.2. The fraction of sp³-hybridized carbons (Fsp3) is 0.190. The Labute approximate surface area is 156 Å². The fourth-order valence-electron chi connectivity index (χ4n) is 3.50. The largest absolute Gasteiger partial charge is 0.497 e. The van der Waals surface area contributed by atoms with Crippen LogP contribution in [0.5, 0.6) is 5.75 Å². The highest BCUT2D eigenvalue weighted by Gasteiger charge is 2.36. The van der Waals surface area contributed by atoms with E-state index < -0.39 is 5.92 Å². The summed E-state index contributed by atoms with van der Waals surface area (Å²) in [4.78, 5) is 25.6. The predicted molar refractivity (Wildman–Crippen MR) is 102 cm³/mol. The minimum absolute atomic E-state index is 0.102. The molecule has 1 unspecified atom stereocenters. The van der Waals surface area contributed by atoms with Gasteiger partial charge in [-0.05, 0) is 31.2 Å². The van der Waals surface area contributed by atoms with Gasteiger partial charge in [-0.1, -0.05) is 30.3 Å². The number of fused-ring (bicyclic) bond motifs is 1. The first kappa shape index (κ1) is 17.0. The second-order valence-electron chi connectivity index (χ2n) is 6.50. The van der Waals surface area contributed by atoms with Crippen molar-refractivity contribution in [3.05, 3.63) is 71.4 Å². The van der Waals surface area contributed by atoms with E-state index in [1.807, 2.05) is 37.3 Å². The quantitative estimate of drug-likeness (QED) is 0.722. The Morgan fingerprint density at radius 1 is 1.19 bits per heavy atom. The summed E-state index contributed by atoms with van der Waals surface area (Å²) < 4.78 is 6.91. The van der Waals surface area contributed by atoms with E-state index in [9.17, 15) is 9.59 Å². The van der Waals surface area contributed by atoms with Crippen LogP contribution in [0, 0.1) is 6.92 Å². The topological polar surface area (TPSA) is 73.2 Å². The molecule has 1 atom stereocenters. The van der Waals surface area contributed by atoms with Gasteiger partial charge in [0.2, 0.25) is 5.91 Å². The number of nitrogens with zero attached hydrogens (tertiary/aromatic N) is 2. The van der Waals surface area contributed by atoms with Crippen LogP contribution in [0.1, 0.15) is 34.0 Å². The SMILES string of the molecule is COc1cccc(C(=O)C2CC(=O)Nc3c2c(C)nn3-c2ccccc2)c1. The van der Waals surface area contributed by atoms with E-state index in [4.69, 9.17) is 4.74 Å². The van der Waals surface area contributed by atoms with Crippen molar-refractivity contribution in [3.63, 3.8) is 0 Å². The van der Waals surface area contributed by atoms with Crippen molar-refractivity contribution in [2.75, 3.05) is 12.4 Å². The Kier molecular flexibility index (Phi) is 4.24. The minimum Gasteiger partial charge on any atom is -0.497 e. The summed E-state index contributed by atoms with van der Waals surface area (Å²) in [7, 11) is 1.56. The van der Waals surface area contributed by atoms with Gasteiger partial charge in [-0.25, -0.2) is 4.68 Å². The molecule has 136 valence electrons. The zero-order valence-corrected chi connectivity index (χ0v) is 15.1. The molecule has 6 nitrogen and oxygen atoms in total. The standard InChI is InChI=1S/C21H19N3O3/c1-13-19-17(20(26)14-7-6-10-16(11-14)27-2)12-18(25)22-21(19)24(23-13)15-8-4-3-5-9-15/h3-11,17H,12H2,1-2H3,(H,22,25). The lowest BCUT2D eigenvalue weighted by Crippen LogP contribution is -2.28. The molecule has 1 aliphatic rings. The minimum atomic E-state index is -0.571. The molecule has 1 N–H and O–H groups in total. The Bertz CT molecular complexity index is 1020. The second-order valence-corrected chi connectivity index (χ2v) is 6.50. The van der Waals surface area contributed by atoms with Crippen molar-refractivity contribution in [1.29, 1.82) is 0 Å². The Morgan fingerprint density at radius 3 is 2.70 bits per heavy atom. The third kappa shape index (κ3) is 2.99. The third-order valence-corrected chi connectivity index (χ3v) is 4.77. The molecule has 1 aromatic heterocycles. The molecule has 2 aromatic carbocycles. The van der Waals surface area contributed by atoms with Gasteiger partial charge in [0.05, 0.1) is 24.4 Å². The number of hydrogen-bond acceptors (Lipinski definition) is 4. The number of rotatable bonds is 4. The van der Waals surface area contributed by atoms with Crippen LogP contribution in [0.15, 0.2) is 54.6 Å². The smallest absolute Gasteiger partial charge is 0.226 e. The fourth-order valence-corrected chi connectivity index (χ4v) is 3.50. The number of ether oxygens (including phenoxy) is 1. The van der Waals surface area contributed by atoms with Crippen molar-refractivity contribution in [1.82, 2.24) is 9.78 Å². The molecule has 2 heterocycles. The van der Waals surface area contributed by atoms with Gasteiger partial charge in [-0.3, -0.25) is 9.59 Å². The van der Waals surface area contributed by atoms with Crippen LogP contribution in [-0.2, 0) is 4.79 Å². The highest BCUT2D eigenvalue weighted by Crippen LogP contribution is 2.38. The van der Waals surface area contributed by atoms with Crippen LogP contribution in [-0.4, -0.2) is 28.6 Å². The highest BCUT2D eigenvalue weighted by atomic mass is 16.5. The summed E-state index contributed by atoms with van der Waals surface area (Å²) >= 11 is 0. The van der Waals surface area contributed by atoms with Crippen LogP contribution < -0.4 is 10.1 Å². The number of amides is 1. The van der Waals surface area contributed by atoms with Gasteiger partial charge in [-0.2, -0.15) is 5.10 Å². The summed E-state index contributed by atoms with van der Waals surface area (Å²) in [5.41, 5.74) is 2.85. The lowest BCUT2D eigenvalue weighted by Gasteiger charge is -2.23. The maximum absolute atomic E-state index is 13.2. The average Bonchev–Trinajstić information content (AvgIpc) is 3.04. The first-order chi connectivity index (χ1) is 13.1. The third-order valence-electron chi connectivity index (χ3n) is 4.77. The molecule has 4 rings (SSSR count). The summed E-state index contributed by atoms with van der Waals surface area (Å²) in [5, 5.41) is 7.47. The number of methoxy groups -OCH3 is 1. The van der Waals surface area contributed by atoms with Crippen LogP contribution in [0.3, 0.4) is 0 Å². The monoisotopic (exact) mass is 361 g/mol. The number of carbonyl (C=O) groups excluding carboxylic acids is 2. The van der Waals surface area contributed by atoms with Gasteiger partial charge in [0.1, 0.15) is 11.6 Å². The summed E-state index contributed by atoms with van der Waals surface area (Å²) in [6, 6.07) is 16.5. The number of benzene rings is 2. The van der Waals surface area contributed by atoms with Gasteiger partial charge in [-0.15, -0.1) is 0 Å². The lowest BCUT2D eigenvalue weighted by molar-refractivity contribution is -0.116. The zero-order chi connectivity index (χ0) is 19.0. The number of ketones is 1. The van der Waals surface area contributed by atoms with Crippen LogP contribution >= 0.6 is 0 Å². The van der Waals surface area contributed by atoms with Crippen molar-refractivity contribution in [2.24, 2.45) is 0 Å². The Balaban J connectivity index is 1.80. The van der Waals surface area contributed by atoms with Crippen LogP contribution in [0.2, 0.25) is 0 Å². The van der Waals surface area contributed by atoms with Gasteiger partial charge in [0.25, 0.3) is 0 Å². The number of carbonyl (C=O) groups is 2. The number of hydrogen-bond donors (Lipinski definition) is 1. The van der Waals surface area contributed by atoms with Crippen molar-refractivity contribution < 1.29 is 14.3 Å². The molecular weight excluding hydrogens is 342 g/mol. The van der Waals surface area contributed by atoms with Gasteiger partial charge < -0.3 is 10.1 Å². The number of aromatic nitrogens is 2. The van der Waals surface area contributed by atoms with Gasteiger partial charge in [0, 0.05) is 17.5 Å². The second kappa shape index (κ2) is 6.72. The van der Waals surface area contributed by atoms with E-state index in [2.05, 4.69) is 10.4 Å². The average molecular weight is 361 g/mol. The molecule has 0 fully saturated rings. The van der Waals surface area contributed by atoms with E-state index >= 15 is 0 Å². The molecule has 1 aliphatic heterocycles. The van der Waals surface area contributed by atoms with E-state index in [0.29, 0.717) is 17.1 Å². The Hall–Kier alpha value is -3.41. The first-order valence-electron chi connectivity index (χ1n) is 8.71. The van der Waals surface area contributed by atoms with E-state index in [0.717, 1.165) is 16.9 Å². The predicted octanol–water partition coefficient (Wildman–Crippen LogP) is 3.50. The molecule has 0 aliphatic carbocycles. The number of aryl methyl sites for hydroxylation is 1. The molecule has 0 bridgehead atoms. The Morgan fingerprint density at radius 2 is 1.96 bits per heavy atom. The maximum Gasteiger partial charge on any atom is 0.226 e. The van der Waals surface area contributed by atoms with Crippen molar-refractivity contribution >= 4 is 17.5 Å². The zero-order valence-electron chi connectivity index (χ0n) is 15.1. The number of para-hydroxylation sites is 1. The first-order valence-corrected chi connectivity index (χ1v) is 8.71. The van der Waals surface area contributed by atoms with E-state index in [-0.39, 0.29) is 18.1 Å². The normalized spacial score (nSPS) is 15.8. The highest BCUT2D eigenvalue weighted by molar-refractivity contribution is 6.08. The van der Waals surface area contributed by atoms with Crippen molar-refractivity contribution in [3.8, 4) is 11.4 Å². The van der Waals surface area contributed by atoms with Crippen LogP contribution in [0.4, 0.5) is 5.82 Å². The molecular formula is C21H19N3O3. The number of nitrogens with one attached hydrogen (secondary N) is 1. The molecule has 27 heavy (non-hydrogen) atoms. The van der Waals surface area contributed by atoms with Crippen LogP contribution in [0.25, 0.3) is 5.69 Å². The molecule has 0 radical (unpaired) electrons. The molecule has 6 heteroatoms. The van der Waals surface area contributed by atoms with E-state index in [1.165, 1.54) is 0 Å². The lowest BCUT2D eigenvalue weighted by atomic mass is 9.85. The molecule has 3 aromatic rings. The van der Waals surface area contributed by atoms with Gasteiger partial charge in [0.15, 0.2) is 5.78 Å². The van der Waals surface area contributed by atoms with Gasteiger partial charge >= 0.3 is 0 Å². The molecule has 1 amide bonds. The molecule has 0 saturated heterocycles. The number of anilines is 1. The van der Waals surface area contributed by atoms with Crippen molar-refractivity contribution in [2.45, 2.75) is 19.3 Å². The van der Waals surface area contributed by atoms with E-state index in [1.54, 1.807) is 36.1 Å². The summed E-state index contributed by atoms with van der Waals surface area (Å²) in [6.45, 7) is 1.86. The molecule has 0 saturated carbocycles. The summed E-state index contributed by atoms with van der Waals surface area (Å²) in [6.07, 6.45) is 0.102. The summed E-state index contributed by atoms with van der Waals surface area (Å²) in [5.74, 6) is 0.300. The number of Topliss-reactive ketones (excluding diaryl/α,β-unsaturated/α-hetero) is 1.